The summed E-state index contributed by atoms with van der Waals surface area (Å²) in [5.41, 5.74) is 6.35. The van der Waals surface area contributed by atoms with Gasteiger partial charge in [0.2, 0.25) is 0 Å². The van der Waals surface area contributed by atoms with E-state index in [1.54, 1.807) is 12.1 Å². The van der Waals surface area contributed by atoms with Gasteiger partial charge in [0.25, 0.3) is 0 Å². The molecular weight excluding hydrogens is 154 g/mol. The topological polar surface area (TPSA) is 71.9 Å². The van der Waals surface area contributed by atoms with Gasteiger partial charge in [-0.3, -0.25) is 0 Å². The lowest BCUT2D eigenvalue weighted by molar-refractivity contribution is 0.368. The molecule has 2 N–H and O–H groups in total. The van der Waals surface area contributed by atoms with Crippen molar-refractivity contribution in [3.05, 3.63) is 17.8 Å². The van der Waals surface area contributed by atoms with Crippen molar-refractivity contribution in [3.63, 3.8) is 0 Å². The van der Waals surface area contributed by atoms with E-state index < -0.39 is 0 Å². The van der Waals surface area contributed by atoms with Crippen LogP contribution in [0.3, 0.4) is 0 Å². The monoisotopic (exact) mass is 163 g/mol. The highest BCUT2D eigenvalue weighted by molar-refractivity contribution is 5.46. The number of nitrogens with zero attached hydrogens (tertiary/aromatic N) is 2. The van der Waals surface area contributed by atoms with Crippen molar-refractivity contribution >= 4 is 5.82 Å². The van der Waals surface area contributed by atoms with Gasteiger partial charge in [0.1, 0.15) is 6.07 Å². The molecular formula is C8H9N3O. The molecule has 0 aliphatic rings. The van der Waals surface area contributed by atoms with Crippen LogP contribution in [0.15, 0.2) is 12.1 Å². The zero-order valence-electron chi connectivity index (χ0n) is 6.74. The summed E-state index contributed by atoms with van der Waals surface area (Å²) >= 11 is 0. The van der Waals surface area contributed by atoms with Gasteiger partial charge in [-0.05, 0) is 19.1 Å². The number of aryl methyl sites for hydroxylation is 1. The Hall–Kier alpha value is -1.76. The fourth-order valence-electron chi connectivity index (χ4n) is 0.796. The molecule has 1 heterocycles. The van der Waals surface area contributed by atoms with Crippen LogP contribution >= 0.6 is 0 Å². The van der Waals surface area contributed by atoms with Crippen molar-refractivity contribution in [2.45, 2.75) is 6.92 Å². The van der Waals surface area contributed by atoms with Crippen molar-refractivity contribution < 1.29 is 4.74 Å². The number of ether oxygens (including phenoxy) is 1. The maximum Gasteiger partial charge on any atom is 0.174 e. The molecule has 0 saturated heterocycles. The van der Waals surface area contributed by atoms with E-state index in [0.29, 0.717) is 11.6 Å². The smallest absolute Gasteiger partial charge is 0.174 e. The molecule has 4 heteroatoms. The second kappa shape index (κ2) is 3.58. The molecule has 4 nitrogen and oxygen atoms in total. The van der Waals surface area contributed by atoms with Crippen LogP contribution in [0.1, 0.15) is 5.69 Å². The molecule has 0 aliphatic carbocycles. The number of aromatic nitrogens is 1. The van der Waals surface area contributed by atoms with Gasteiger partial charge < -0.3 is 10.5 Å². The zero-order chi connectivity index (χ0) is 8.97. The number of anilines is 1. The van der Waals surface area contributed by atoms with Gasteiger partial charge in [-0.2, -0.15) is 5.26 Å². The first-order valence-corrected chi connectivity index (χ1v) is 3.47. The molecule has 0 amide bonds. The molecule has 62 valence electrons. The van der Waals surface area contributed by atoms with E-state index in [4.69, 9.17) is 15.7 Å². The first kappa shape index (κ1) is 8.34. The van der Waals surface area contributed by atoms with Crippen LogP contribution < -0.4 is 10.5 Å². The summed E-state index contributed by atoms with van der Waals surface area (Å²) in [4.78, 5) is 3.97. The van der Waals surface area contributed by atoms with Gasteiger partial charge in [-0.1, -0.05) is 0 Å². The predicted molar refractivity (Wildman–Crippen MR) is 44.5 cm³/mol. The van der Waals surface area contributed by atoms with E-state index in [1.165, 1.54) is 0 Å². The second-order valence-corrected chi connectivity index (χ2v) is 2.28. The van der Waals surface area contributed by atoms with Crippen molar-refractivity contribution in [1.29, 1.82) is 5.26 Å². The Kier molecular flexibility index (Phi) is 2.49. The van der Waals surface area contributed by atoms with Gasteiger partial charge in [0.15, 0.2) is 18.2 Å². The van der Waals surface area contributed by atoms with Gasteiger partial charge in [0, 0.05) is 5.69 Å². The maximum absolute atomic E-state index is 8.24. The number of nitrogen functional groups attached to an aromatic ring is 1. The number of nitrogens with two attached hydrogens (primary N) is 1. The lowest BCUT2D eigenvalue weighted by atomic mass is 10.3. The van der Waals surface area contributed by atoms with Gasteiger partial charge in [-0.25, -0.2) is 4.98 Å². The molecule has 1 aromatic rings. The van der Waals surface area contributed by atoms with Crippen LogP contribution in [0.25, 0.3) is 0 Å². The second-order valence-electron chi connectivity index (χ2n) is 2.28. The SMILES string of the molecule is Cc1ccc(OCC#N)c(N)n1. The molecule has 1 rings (SSSR count). The highest BCUT2D eigenvalue weighted by atomic mass is 16.5. The minimum atomic E-state index is -0.00502. The average molecular weight is 163 g/mol. The summed E-state index contributed by atoms with van der Waals surface area (Å²) in [6.07, 6.45) is 0. The van der Waals surface area contributed by atoms with Crippen LogP contribution in [0, 0.1) is 18.3 Å². The summed E-state index contributed by atoms with van der Waals surface area (Å²) in [5, 5.41) is 8.24. The summed E-state index contributed by atoms with van der Waals surface area (Å²) in [7, 11) is 0. The third-order valence-corrected chi connectivity index (χ3v) is 1.32. The van der Waals surface area contributed by atoms with E-state index in [1.807, 2.05) is 13.0 Å². The fraction of sp³-hybridized carbons (Fsp3) is 0.250. The number of hydrogen-bond donors (Lipinski definition) is 1. The third-order valence-electron chi connectivity index (χ3n) is 1.32. The molecule has 0 bridgehead atoms. The van der Waals surface area contributed by atoms with Crippen molar-refractivity contribution in [2.75, 3.05) is 12.3 Å². The van der Waals surface area contributed by atoms with E-state index in [-0.39, 0.29) is 6.61 Å². The van der Waals surface area contributed by atoms with E-state index in [9.17, 15) is 0 Å². The number of pyridine rings is 1. The highest BCUT2D eigenvalue weighted by Gasteiger charge is 2.00. The molecule has 0 aromatic carbocycles. The number of rotatable bonds is 2. The van der Waals surface area contributed by atoms with Crippen LogP contribution in [0.2, 0.25) is 0 Å². The Morgan fingerprint density at radius 1 is 1.67 bits per heavy atom. The first-order valence-electron chi connectivity index (χ1n) is 3.47. The van der Waals surface area contributed by atoms with Crippen LogP contribution in [-0.4, -0.2) is 11.6 Å². The third kappa shape index (κ3) is 1.86. The minimum absolute atomic E-state index is 0.00502. The van der Waals surface area contributed by atoms with Crippen LogP contribution in [0.4, 0.5) is 5.82 Å². The molecule has 0 unspecified atom stereocenters. The number of hydrogen-bond acceptors (Lipinski definition) is 4. The first-order chi connectivity index (χ1) is 5.74. The van der Waals surface area contributed by atoms with Crippen LogP contribution in [0.5, 0.6) is 5.75 Å². The Balaban J connectivity index is 2.81. The summed E-state index contributed by atoms with van der Waals surface area (Å²) in [5.74, 6) is 0.785. The Morgan fingerprint density at radius 2 is 2.42 bits per heavy atom. The molecule has 0 saturated carbocycles. The minimum Gasteiger partial charge on any atom is -0.475 e. The summed E-state index contributed by atoms with van der Waals surface area (Å²) < 4.78 is 4.99. The molecule has 0 radical (unpaired) electrons. The zero-order valence-corrected chi connectivity index (χ0v) is 6.74. The maximum atomic E-state index is 8.24. The van der Waals surface area contributed by atoms with E-state index in [0.717, 1.165) is 5.69 Å². The normalized spacial score (nSPS) is 9.00. The summed E-state index contributed by atoms with van der Waals surface area (Å²) in [6, 6.07) is 5.34. The van der Waals surface area contributed by atoms with Crippen molar-refractivity contribution in [1.82, 2.24) is 4.98 Å². The van der Waals surface area contributed by atoms with Gasteiger partial charge in [-0.15, -0.1) is 0 Å². The van der Waals surface area contributed by atoms with Crippen LogP contribution in [-0.2, 0) is 0 Å². The molecule has 0 spiro atoms. The molecule has 0 fully saturated rings. The lowest BCUT2D eigenvalue weighted by Crippen LogP contribution is -2.00. The quantitative estimate of drug-likeness (QED) is 0.702. The molecule has 12 heavy (non-hydrogen) atoms. The van der Waals surface area contributed by atoms with Crippen molar-refractivity contribution in [2.24, 2.45) is 0 Å². The molecule has 1 aromatic heterocycles. The lowest BCUT2D eigenvalue weighted by Gasteiger charge is -2.04. The summed E-state index contributed by atoms with van der Waals surface area (Å²) in [6.45, 7) is 1.83. The average Bonchev–Trinajstić information content (AvgIpc) is 2.03. The van der Waals surface area contributed by atoms with E-state index >= 15 is 0 Å². The fourth-order valence-corrected chi connectivity index (χ4v) is 0.796. The van der Waals surface area contributed by atoms with E-state index in [2.05, 4.69) is 4.98 Å². The van der Waals surface area contributed by atoms with Gasteiger partial charge in [0.05, 0.1) is 0 Å². The highest BCUT2D eigenvalue weighted by Crippen LogP contribution is 2.18. The Bertz CT molecular complexity index is 317. The number of nitriles is 1. The van der Waals surface area contributed by atoms with Gasteiger partial charge >= 0.3 is 0 Å². The Labute approximate surface area is 70.6 Å². The molecule has 0 aliphatic heterocycles. The Morgan fingerprint density at radius 3 is 3.00 bits per heavy atom. The standard InChI is InChI=1S/C8H9N3O/c1-6-2-3-7(8(10)11-6)12-5-4-9/h2-3H,5H2,1H3,(H2,10,11). The predicted octanol–water partition coefficient (Wildman–Crippen LogP) is 0.875. The molecule has 0 atom stereocenters. The van der Waals surface area contributed by atoms with Crippen molar-refractivity contribution in [3.8, 4) is 11.8 Å². The largest absolute Gasteiger partial charge is 0.475 e.